The molecule has 1 atom stereocenters. The standard InChI is InChI=1S/C26H23F5/c1-2-3-5-15-10-11-19(26(31)24(15)29)17-9-8-16-13-21(23(28)14-18(16)12-17)20-6-4-7-22(27)25(20)30/h4,6-7,10-11,13-14,17H,2-3,5,8-9,12H2,1H3. The van der Waals surface area contributed by atoms with E-state index in [9.17, 15) is 22.0 Å². The number of halogens is 5. The summed E-state index contributed by atoms with van der Waals surface area (Å²) >= 11 is 0. The van der Waals surface area contributed by atoms with Crippen LogP contribution in [0.25, 0.3) is 11.1 Å². The number of fused-ring (bicyclic) bond motifs is 1. The summed E-state index contributed by atoms with van der Waals surface area (Å²) in [5, 5.41) is 0. The predicted molar refractivity (Wildman–Crippen MR) is 111 cm³/mol. The summed E-state index contributed by atoms with van der Waals surface area (Å²) in [6.07, 6.45) is 3.63. The molecule has 1 unspecified atom stereocenters. The van der Waals surface area contributed by atoms with Crippen molar-refractivity contribution in [2.24, 2.45) is 0 Å². The van der Waals surface area contributed by atoms with Gasteiger partial charge < -0.3 is 0 Å². The van der Waals surface area contributed by atoms with Crippen LogP contribution >= 0.6 is 0 Å². The largest absolute Gasteiger partial charge is 0.206 e. The molecular weight excluding hydrogens is 407 g/mol. The highest BCUT2D eigenvalue weighted by Gasteiger charge is 2.27. The van der Waals surface area contributed by atoms with E-state index in [1.54, 1.807) is 18.2 Å². The summed E-state index contributed by atoms with van der Waals surface area (Å²) in [6.45, 7) is 2.00. The van der Waals surface area contributed by atoms with Gasteiger partial charge in [-0.1, -0.05) is 37.6 Å². The highest BCUT2D eigenvalue weighted by Crippen LogP contribution is 2.38. The van der Waals surface area contributed by atoms with E-state index in [4.69, 9.17) is 0 Å². The maximum Gasteiger partial charge on any atom is 0.166 e. The lowest BCUT2D eigenvalue weighted by molar-refractivity contribution is 0.466. The lowest BCUT2D eigenvalue weighted by atomic mass is 9.78. The van der Waals surface area contributed by atoms with Gasteiger partial charge in [-0.3, -0.25) is 0 Å². The Morgan fingerprint density at radius 3 is 2.39 bits per heavy atom. The van der Waals surface area contributed by atoms with E-state index in [2.05, 4.69) is 0 Å². The predicted octanol–water partition coefficient (Wildman–Crippen LogP) is 7.66. The first kappa shape index (κ1) is 21.5. The number of aryl methyl sites for hydroxylation is 2. The van der Waals surface area contributed by atoms with Crippen molar-refractivity contribution in [2.75, 3.05) is 0 Å². The zero-order valence-electron chi connectivity index (χ0n) is 17.3. The molecule has 162 valence electrons. The number of benzene rings is 3. The monoisotopic (exact) mass is 430 g/mol. The molecule has 0 heterocycles. The molecule has 0 saturated heterocycles. The van der Waals surface area contributed by atoms with Gasteiger partial charge in [-0.25, -0.2) is 22.0 Å². The van der Waals surface area contributed by atoms with E-state index in [1.165, 1.54) is 18.2 Å². The molecule has 0 nitrogen and oxygen atoms in total. The van der Waals surface area contributed by atoms with E-state index in [1.807, 2.05) is 6.92 Å². The summed E-state index contributed by atoms with van der Waals surface area (Å²) in [5.41, 5.74) is 2.07. The Balaban J connectivity index is 1.64. The average molecular weight is 430 g/mol. The Hall–Kier alpha value is -2.69. The molecule has 3 aromatic rings. The van der Waals surface area contributed by atoms with Gasteiger partial charge in [0, 0.05) is 11.1 Å². The van der Waals surface area contributed by atoms with Gasteiger partial charge >= 0.3 is 0 Å². The Kier molecular flexibility index (Phi) is 6.12. The summed E-state index contributed by atoms with van der Waals surface area (Å²) < 4.78 is 71.8. The Bertz CT molecular complexity index is 1120. The van der Waals surface area contributed by atoms with Crippen molar-refractivity contribution in [3.63, 3.8) is 0 Å². The van der Waals surface area contributed by atoms with E-state index < -0.39 is 29.1 Å². The molecule has 4 rings (SSSR count). The Labute approximate surface area is 178 Å². The van der Waals surface area contributed by atoms with Gasteiger partial charge in [0.2, 0.25) is 0 Å². The molecule has 0 bridgehead atoms. The second-order valence-electron chi connectivity index (χ2n) is 8.19. The first-order valence-electron chi connectivity index (χ1n) is 10.6. The van der Waals surface area contributed by atoms with Gasteiger partial charge in [0.15, 0.2) is 23.3 Å². The summed E-state index contributed by atoms with van der Waals surface area (Å²) in [7, 11) is 0. The molecular formula is C26H23F5. The molecule has 3 aromatic carbocycles. The third kappa shape index (κ3) is 4.10. The van der Waals surface area contributed by atoms with E-state index in [0.717, 1.165) is 24.5 Å². The van der Waals surface area contributed by atoms with Gasteiger partial charge in [-0.05, 0) is 78.5 Å². The fraction of sp³-hybridized carbons (Fsp3) is 0.308. The van der Waals surface area contributed by atoms with Crippen molar-refractivity contribution < 1.29 is 22.0 Å². The third-order valence-corrected chi connectivity index (χ3v) is 6.19. The molecule has 0 aromatic heterocycles. The second-order valence-corrected chi connectivity index (χ2v) is 8.19. The number of rotatable bonds is 5. The maximum absolute atomic E-state index is 14.8. The van der Waals surface area contributed by atoms with Crippen LogP contribution in [0, 0.1) is 29.1 Å². The average Bonchev–Trinajstić information content (AvgIpc) is 2.76. The first-order valence-corrected chi connectivity index (χ1v) is 10.6. The number of hydrogen-bond acceptors (Lipinski definition) is 0. The molecule has 0 fully saturated rings. The minimum absolute atomic E-state index is 0.00621. The number of unbranched alkanes of at least 4 members (excludes halogenated alkanes) is 1. The molecule has 0 spiro atoms. The minimum atomic E-state index is -1.09. The van der Waals surface area contributed by atoms with E-state index in [0.29, 0.717) is 42.4 Å². The Morgan fingerprint density at radius 1 is 0.806 bits per heavy atom. The van der Waals surface area contributed by atoms with Crippen molar-refractivity contribution in [3.8, 4) is 11.1 Å². The fourth-order valence-corrected chi connectivity index (χ4v) is 4.44. The van der Waals surface area contributed by atoms with Crippen LogP contribution in [-0.2, 0) is 19.3 Å². The molecule has 0 N–H and O–H groups in total. The molecule has 31 heavy (non-hydrogen) atoms. The van der Waals surface area contributed by atoms with E-state index in [-0.39, 0.29) is 17.0 Å². The van der Waals surface area contributed by atoms with Crippen LogP contribution in [0.5, 0.6) is 0 Å². The Morgan fingerprint density at radius 2 is 1.61 bits per heavy atom. The summed E-state index contributed by atoms with van der Waals surface area (Å²) in [4.78, 5) is 0. The van der Waals surface area contributed by atoms with Crippen LogP contribution in [0.2, 0.25) is 0 Å². The van der Waals surface area contributed by atoms with Crippen molar-refractivity contribution in [1.82, 2.24) is 0 Å². The second kappa shape index (κ2) is 8.81. The molecule has 0 saturated carbocycles. The summed E-state index contributed by atoms with van der Waals surface area (Å²) in [5.74, 6) is -4.66. The van der Waals surface area contributed by atoms with Crippen molar-refractivity contribution in [3.05, 3.63) is 93.8 Å². The molecule has 0 amide bonds. The molecule has 1 aliphatic carbocycles. The third-order valence-electron chi connectivity index (χ3n) is 6.19. The maximum atomic E-state index is 14.8. The van der Waals surface area contributed by atoms with Crippen LogP contribution in [0.4, 0.5) is 22.0 Å². The lowest BCUT2D eigenvalue weighted by Crippen LogP contribution is -2.16. The van der Waals surface area contributed by atoms with E-state index >= 15 is 0 Å². The quantitative estimate of drug-likeness (QED) is 0.365. The van der Waals surface area contributed by atoms with Crippen molar-refractivity contribution >= 4 is 0 Å². The van der Waals surface area contributed by atoms with Gasteiger partial charge in [-0.15, -0.1) is 0 Å². The molecule has 1 aliphatic rings. The van der Waals surface area contributed by atoms with Crippen LogP contribution in [0.1, 0.15) is 54.4 Å². The smallest absolute Gasteiger partial charge is 0.166 e. The van der Waals surface area contributed by atoms with Crippen molar-refractivity contribution in [2.45, 2.75) is 51.4 Å². The van der Waals surface area contributed by atoms with Gasteiger partial charge in [0.05, 0.1) is 0 Å². The van der Waals surface area contributed by atoms with Gasteiger partial charge in [-0.2, -0.15) is 0 Å². The molecule has 0 aliphatic heterocycles. The van der Waals surface area contributed by atoms with Gasteiger partial charge in [0.25, 0.3) is 0 Å². The van der Waals surface area contributed by atoms with Gasteiger partial charge in [0.1, 0.15) is 5.82 Å². The lowest BCUT2D eigenvalue weighted by Gasteiger charge is -2.26. The fourth-order valence-electron chi connectivity index (χ4n) is 4.44. The zero-order chi connectivity index (χ0) is 22.1. The van der Waals surface area contributed by atoms with Crippen LogP contribution < -0.4 is 0 Å². The topological polar surface area (TPSA) is 0 Å². The molecule has 5 heteroatoms. The normalized spacial score (nSPS) is 15.7. The highest BCUT2D eigenvalue weighted by atomic mass is 19.2. The van der Waals surface area contributed by atoms with Crippen LogP contribution in [-0.4, -0.2) is 0 Å². The summed E-state index contributed by atoms with van der Waals surface area (Å²) in [6, 6.07) is 9.81. The first-order chi connectivity index (χ1) is 14.9. The van der Waals surface area contributed by atoms with Crippen LogP contribution in [0.15, 0.2) is 42.5 Å². The highest BCUT2D eigenvalue weighted by molar-refractivity contribution is 5.67. The van der Waals surface area contributed by atoms with Crippen LogP contribution in [0.3, 0.4) is 0 Å². The molecule has 0 radical (unpaired) electrons. The van der Waals surface area contributed by atoms with Crippen molar-refractivity contribution in [1.29, 1.82) is 0 Å². The number of hydrogen-bond donors (Lipinski definition) is 0. The minimum Gasteiger partial charge on any atom is -0.206 e. The zero-order valence-corrected chi connectivity index (χ0v) is 17.3. The SMILES string of the molecule is CCCCc1ccc(C2CCc3cc(-c4cccc(F)c4F)c(F)cc3C2)c(F)c1F.